The van der Waals surface area contributed by atoms with Crippen molar-refractivity contribution >= 4 is 28.5 Å². The van der Waals surface area contributed by atoms with Crippen LogP contribution in [0.1, 0.15) is 5.56 Å². The van der Waals surface area contributed by atoms with E-state index < -0.39 is 0 Å². The van der Waals surface area contributed by atoms with Crippen molar-refractivity contribution in [1.82, 2.24) is 9.97 Å². The van der Waals surface area contributed by atoms with Gasteiger partial charge in [0, 0.05) is 0 Å². The lowest BCUT2D eigenvalue weighted by molar-refractivity contribution is 0.489. The highest BCUT2D eigenvalue weighted by Crippen LogP contribution is 2.29. The van der Waals surface area contributed by atoms with Crippen LogP contribution in [0.2, 0.25) is 0 Å². The molecule has 0 bridgehead atoms. The second kappa shape index (κ2) is 4.34. The fourth-order valence-corrected chi connectivity index (χ4v) is 2.38. The number of hydrogen-bond acceptors (Lipinski definition) is 5. The van der Waals surface area contributed by atoms with Crippen LogP contribution in [0.5, 0.6) is 0 Å². The number of fused-ring (bicyclic) bond motifs is 1. The molecular weight excluding hydrogens is 246 g/mol. The van der Waals surface area contributed by atoms with Crippen LogP contribution < -0.4 is 5.73 Å². The van der Waals surface area contributed by atoms with Gasteiger partial charge in [0.15, 0.2) is 5.58 Å². The third kappa shape index (κ3) is 2.04. The van der Waals surface area contributed by atoms with Crippen molar-refractivity contribution in [2.45, 2.75) is 17.2 Å². The second-order valence-corrected chi connectivity index (χ2v) is 4.90. The van der Waals surface area contributed by atoms with Gasteiger partial charge in [-0.1, -0.05) is 12.1 Å². The Kier molecular flexibility index (Phi) is 2.68. The van der Waals surface area contributed by atoms with Gasteiger partial charge in [-0.25, -0.2) is 9.97 Å². The number of benzene rings is 1. The first-order chi connectivity index (χ1) is 8.72. The maximum absolute atomic E-state index is 5.73. The molecule has 3 aromatic rings. The molecule has 0 saturated carbocycles. The van der Waals surface area contributed by atoms with E-state index in [0.29, 0.717) is 10.9 Å². The predicted molar refractivity (Wildman–Crippen MR) is 71.5 cm³/mol. The minimum Gasteiger partial charge on any atom is -0.431 e. The molecule has 0 aliphatic rings. The largest absolute Gasteiger partial charge is 0.431 e. The normalized spacial score (nSPS) is 10.9. The number of aromatic nitrogens is 2. The van der Waals surface area contributed by atoms with Gasteiger partial charge < -0.3 is 10.2 Å². The number of para-hydroxylation sites is 2. The number of anilines is 1. The number of aryl methyl sites for hydroxylation is 1. The van der Waals surface area contributed by atoms with Crippen LogP contribution in [0.4, 0.5) is 5.69 Å². The Hall–Kier alpha value is -2.01. The van der Waals surface area contributed by atoms with E-state index in [1.165, 1.54) is 11.8 Å². The highest BCUT2D eigenvalue weighted by Gasteiger charge is 2.08. The standard InChI is InChI=1S/C13H11N3OS/c1-8-6-12(15-7-9(8)14)18-13-16-10-4-2-3-5-11(10)17-13/h2-7H,14H2,1H3. The monoisotopic (exact) mass is 257 g/mol. The summed E-state index contributed by atoms with van der Waals surface area (Å²) >= 11 is 1.39. The van der Waals surface area contributed by atoms with Crippen molar-refractivity contribution in [2.75, 3.05) is 5.73 Å². The quantitative estimate of drug-likeness (QED) is 0.763. The van der Waals surface area contributed by atoms with Gasteiger partial charge in [-0.15, -0.1) is 0 Å². The average Bonchev–Trinajstić information content (AvgIpc) is 2.76. The Morgan fingerprint density at radius 1 is 1.28 bits per heavy atom. The molecule has 3 rings (SSSR count). The maximum Gasteiger partial charge on any atom is 0.263 e. The van der Waals surface area contributed by atoms with Gasteiger partial charge in [-0.05, 0) is 42.4 Å². The lowest BCUT2D eigenvalue weighted by atomic mass is 10.3. The molecule has 0 atom stereocenters. The highest BCUT2D eigenvalue weighted by atomic mass is 32.2. The molecule has 0 unspecified atom stereocenters. The van der Waals surface area contributed by atoms with Crippen molar-refractivity contribution in [1.29, 1.82) is 0 Å². The van der Waals surface area contributed by atoms with Crippen LogP contribution in [0.3, 0.4) is 0 Å². The molecule has 0 amide bonds. The van der Waals surface area contributed by atoms with E-state index in [2.05, 4.69) is 9.97 Å². The molecule has 0 aliphatic carbocycles. The van der Waals surface area contributed by atoms with Gasteiger partial charge >= 0.3 is 0 Å². The topological polar surface area (TPSA) is 64.9 Å². The number of hydrogen-bond donors (Lipinski definition) is 1. The molecule has 2 aromatic heterocycles. The summed E-state index contributed by atoms with van der Waals surface area (Å²) in [5.41, 5.74) is 9.07. The van der Waals surface area contributed by atoms with Crippen molar-refractivity contribution < 1.29 is 4.42 Å². The van der Waals surface area contributed by atoms with Crippen LogP contribution in [-0.4, -0.2) is 9.97 Å². The van der Waals surface area contributed by atoms with Gasteiger partial charge in [0.1, 0.15) is 10.5 Å². The lowest BCUT2D eigenvalue weighted by Crippen LogP contribution is -1.91. The minimum absolute atomic E-state index is 0.591. The van der Waals surface area contributed by atoms with Crippen LogP contribution in [0.25, 0.3) is 11.1 Å². The number of rotatable bonds is 2. The van der Waals surface area contributed by atoms with E-state index in [9.17, 15) is 0 Å². The summed E-state index contributed by atoms with van der Waals surface area (Å²) < 4.78 is 5.62. The molecule has 4 nitrogen and oxygen atoms in total. The number of nitrogen functional groups attached to an aromatic ring is 1. The number of nitrogens with zero attached hydrogens (tertiary/aromatic N) is 2. The number of nitrogens with two attached hydrogens (primary N) is 1. The van der Waals surface area contributed by atoms with Gasteiger partial charge in [0.05, 0.1) is 11.9 Å². The van der Waals surface area contributed by atoms with E-state index in [-0.39, 0.29) is 0 Å². The average molecular weight is 257 g/mol. The van der Waals surface area contributed by atoms with Crippen LogP contribution in [-0.2, 0) is 0 Å². The Morgan fingerprint density at radius 2 is 2.11 bits per heavy atom. The summed E-state index contributed by atoms with van der Waals surface area (Å²) in [4.78, 5) is 8.63. The SMILES string of the molecule is Cc1cc(Sc2nc3ccccc3o2)ncc1N. The first-order valence-electron chi connectivity index (χ1n) is 5.48. The zero-order valence-electron chi connectivity index (χ0n) is 9.75. The van der Waals surface area contributed by atoms with Gasteiger partial charge in [-0.2, -0.15) is 0 Å². The van der Waals surface area contributed by atoms with E-state index in [0.717, 1.165) is 21.7 Å². The van der Waals surface area contributed by atoms with Crippen molar-refractivity contribution in [3.63, 3.8) is 0 Å². The summed E-state index contributed by atoms with van der Waals surface area (Å²) in [6, 6.07) is 9.60. The van der Waals surface area contributed by atoms with Crippen LogP contribution in [0.15, 0.2) is 51.2 Å². The summed E-state index contributed by atoms with van der Waals surface area (Å²) in [7, 11) is 0. The fourth-order valence-electron chi connectivity index (χ4n) is 1.58. The molecule has 5 heteroatoms. The summed E-state index contributed by atoms with van der Waals surface area (Å²) in [5, 5.41) is 1.42. The number of pyridine rings is 1. The molecule has 1 aromatic carbocycles. The van der Waals surface area contributed by atoms with Crippen LogP contribution >= 0.6 is 11.8 Å². The van der Waals surface area contributed by atoms with Gasteiger partial charge in [-0.3, -0.25) is 0 Å². The molecule has 2 heterocycles. The molecule has 0 radical (unpaired) electrons. The smallest absolute Gasteiger partial charge is 0.263 e. The fraction of sp³-hybridized carbons (Fsp3) is 0.0769. The summed E-state index contributed by atoms with van der Waals surface area (Å²) in [6.45, 7) is 1.95. The maximum atomic E-state index is 5.73. The molecule has 18 heavy (non-hydrogen) atoms. The van der Waals surface area contributed by atoms with Gasteiger partial charge in [0.25, 0.3) is 5.22 Å². The van der Waals surface area contributed by atoms with E-state index in [1.807, 2.05) is 37.3 Å². The van der Waals surface area contributed by atoms with Crippen molar-refractivity contribution in [2.24, 2.45) is 0 Å². The zero-order valence-corrected chi connectivity index (χ0v) is 10.6. The first kappa shape index (κ1) is 11.1. The summed E-state index contributed by atoms with van der Waals surface area (Å²) in [5.74, 6) is 0. The van der Waals surface area contributed by atoms with Crippen molar-refractivity contribution in [3.8, 4) is 0 Å². The predicted octanol–water partition coefficient (Wildman–Crippen LogP) is 3.26. The minimum atomic E-state index is 0.591. The molecule has 0 spiro atoms. The molecule has 0 aliphatic heterocycles. The Balaban J connectivity index is 1.93. The van der Waals surface area contributed by atoms with E-state index in [1.54, 1.807) is 6.20 Å². The molecular formula is C13H11N3OS. The zero-order chi connectivity index (χ0) is 12.5. The van der Waals surface area contributed by atoms with E-state index in [4.69, 9.17) is 10.2 Å². The van der Waals surface area contributed by atoms with E-state index >= 15 is 0 Å². The molecule has 0 saturated heterocycles. The molecule has 0 fully saturated rings. The molecule has 90 valence electrons. The third-order valence-corrected chi connectivity index (χ3v) is 3.37. The summed E-state index contributed by atoms with van der Waals surface area (Å²) in [6.07, 6.45) is 1.65. The Bertz CT molecular complexity index is 675. The first-order valence-corrected chi connectivity index (χ1v) is 6.29. The van der Waals surface area contributed by atoms with Crippen molar-refractivity contribution in [3.05, 3.63) is 42.1 Å². The molecule has 2 N–H and O–H groups in total. The number of oxazole rings is 1. The second-order valence-electron chi connectivity index (χ2n) is 3.93. The van der Waals surface area contributed by atoms with Crippen LogP contribution in [0, 0.1) is 6.92 Å². The third-order valence-electron chi connectivity index (χ3n) is 2.59. The Labute approximate surface area is 108 Å². The lowest BCUT2D eigenvalue weighted by Gasteiger charge is -2.00. The van der Waals surface area contributed by atoms with Gasteiger partial charge in [0.2, 0.25) is 0 Å². The highest BCUT2D eigenvalue weighted by molar-refractivity contribution is 7.99. The Morgan fingerprint density at radius 3 is 2.89 bits per heavy atom.